The van der Waals surface area contributed by atoms with E-state index in [0.29, 0.717) is 0 Å². The molecular weight excluding hydrogens is 463 g/mol. The van der Waals surface area contributed by atoms with Gasteiger partial charge in [0.15, 0.2) is 16.7 Å². The van der Waals surface area contributed by atoms with Crippen LogP contribution in [0.5, 0.6) is 0 Å². The second kappa shape index (κ2) is 8.60. The Morgan fingerprint density at radius 3 is 2.59 bits per heavy atom. The van der Waals surface area contributed by atoms with Gasteiger partial charge in [-0.15, -0.1) is 13.2 Å². The number of anilines is 2. The highest BCUT2D eigenvalue weighted by Crippen LogP contribution is 2.34. The summed E-state index contributed by atoms with van der Waals surface area (Å²) in [6, 6.07) is 2.90. The molecule has 3 rings (SSSR count). The van der Waals surface area contributed by atoms with Gasteiger partial charge in [0.05, 0.1) is 6.10 Å². The highest BCUT2D eigenvalue weighted by Gasteiger charge is 2.43. The van der Waals surface area contributed by atoms with Gasteiger partial charge in [0.2, 0.25) is 5.91 Å². The van der Waals surface area contributed by atoms with Crippen molar-refractivity contribution in [3.8, 4) is 0 Å². The lowest BCUT2D eigenvalue weighted by molar-refractivity contribution is -0.339. The summed E-state index contributed by atoms with van der Waals surface area (Å²) in [6.07, 6.45) is -5.79. The van der Waals surface area contributed by atoms with Crippen LogP contribution in [0.15, 0.2) is 35.5 Å². The highest BCUT2D eigenvalue weighted by atomic mass is 32.2. The number of aromatic nitrogens is 1. The number of hydrogen-bond donors (Lipinski definition) is 2. The van der Waals surface area contributed by atoms with Crippen molar-refractivity contribution in [1.82, 2.24) is 4.98 Å². The number of nitrogens with zero attached hydrogens (tertiary/aromatic N) is 2. The number of nitrogens with one attached hydrogen (secondary N) is 1. The molecule has 1 aliphatic heterocycles. The van der Waals surface area contributed by atoms with Gasteiger partial charge >= 0.3 is 6.36 Å². The summed E-state index contributed by atoms with van der Waals surface area (Å²) in [7, 11) is -4.17. The zero-order valence-corrected chi connectivity index (χ0v) is 17.2. The van der Waals surface area contributed by atoms with Crippen LogP contribution < -0.4 is 15.4 Å². The maximum absolute atomic E-state index is 14.1. The van der Waals surface area contributed by atoms with Crippen molar-refractivity contribution in [2.45, 2.75) is 36.9 Å². The van der Waals surface area contributed by atoms with E-state index in [1.165, 1.54) is 17.9 Å². The fraction of sp³-hybridized carbons (Fsp3) is 0.333. The normalized spacial score (nSPS) is 19.3. The van der Waals surface area contributed by atoms with Crippen molar-refractivity contribution in [3.63, 3.8) is 0 Å². The van der Waals surface area contributed by atoms with E-state index in [2.05, 4.69) is 15.0 Å². The van der Waals surface area contributed by atoms with Crippen LogP contribution in [0.25, 0.3) is 0 Å². The van der Waals surface area contributed by atoms with E-state index in [1.54, 1.807) is 0 Å². The van der Waals surface area contributed by atoms with Crippen molar-refractivity contribution in [3.05, 3.63) is 47.7 Å². The Bertz CT molecular complexity index is 1140. The molecule has 0 bridgehead atoms. The quantitative estimate of drug-likeness (QED) is 0.636. The van der Waals surface area contributed by atoms with Crippen LogP contribution in [0.3, 0.4) is 0 Å². The average molecular weight is 480 g/mol. The lowest BCUT2D eigenvalue weighted by Gasteiger charge is -2.27. The number of amides is 1. The summed E-state index contributed by atoms with van der Waals surface area (Å²) in [4.78, 5) is 17.6. The Kier molecular flexibility index (Phi) is 6.40. The Morgan fingerprint density at radius 1 is 1.28 bits per heavy atom. The molecule has 174 valence electrons. The van der Waals surface area contributed by atoms with Crippen LogP contribution in [0.2, 0.25) is 0 Å². The minimum atomic E-state index is -4.97. The average Bonchev–Trinajstić information content (AvgIpc) is 3.07. The molecule has 2 heterocycles. The van der Waals surface area contributed by atoms with E-state index in [9.17, 15) is 35.2 Å². The Morgan fingerprint density at radius 2 is 1.97 bits per heavy atom. The summed E-state index contributed by atoms with van der Waals surface area (Å²) >= 11 is 0. The number of primary sulfonamides is 1. The van der Waals surface area contributed by atoms with Gasteiger partial charge in [-0.2, -0.15) is 0 Å². The van der Waals surface area contributed by atoms with Crippen molar-refractivity contribution in [1.29, 1.82) is 0 Å². The molecule has 1 aromatic heterocycles. The van der Waals surface area contributed by atoms with E-state index in [-0.39, 0.29) is 16.9 Å². The largest absolute Gasteiger partial charge is 0.522 e. The first-order valence-electron chi connectivity index (χ1n) is 9.02. The van der Waals surface area contributed by atoms with Crippen LogP contribution in [-0.4, -0.2) is 44.4 Å². The molecule has 0 unspecified atom stereocenters. The molecule has 1 aliphatic rings. The summed E-state index contributed by atoms with van der Waals surface area (Å²) in [5.41, 5.74) is -0.218. The molecule has 1 saturated heterocycles. The number of carbonyl (C=O) groups excluding carboxylic acids is 1. The standard InChI is InChI=1S/C18H17F5N4O4S/c1-9-13(3-2-12(19)16(9)20)27-8-11(31-18(21,22)23)7-14(27)17(28)26-10-4-5-25-15(6-10)32(24,29)30/h2-6,11,14H,7-8H2,1H3,(H2,24,29,30)(H,25,26,28)/t11-,14+/m1/s1. The van der Waals surface area contributed by atoms with Crippen LogP contribution in [-0.2, 0) is 19.6 Å². The van der Waals surface area contributed by atoms with Crippen LogP contribution >= 0.6 is 0 Å². The monoisotopic (exact) mass is 480 g/mol. The summed E-state index contributed by atoms with van der Waals surface area (Å²) in [6.45, 7) is 0.796. The predicted molar refractivity (Wildman–Crippen MR) is 102 cm³/mol. The van der Waals surface area contributed by atoms with Gasteiger partial charge in [0, 0.05) is 42.2 Å². The first-order chi connectivity index (χ1) is 14.8. The van der Waals surface area contributed by atoms with Crippen LogP contribution in [0, 0.1) is 18.6 Å². The van der Waals surface area contributed by atoms with Crippen molar-refractivity contribution in [2.24, 2.45) is 5.14 Å². The fourth-order valence-corrected chi connectivity index (χ4v) is 3.91. The van der Waals surface area contributed by atoms with Gasteiger partial charge in [0.25, 0.3) is 10.0 Å². The number of pyridine rings is 1. The van der Waals surface area contributed by atoms with Gasteiger partial charge in [-0.3, -0.25) is 9.53 Å². The van der Waals surface area contributed by atoms with Crippen molar-refractivity contribution < 1.29 is 39.9 Å². The van der Waals surface area contributed by atoms with Crippen LogP contribution in [0.4, 0.5) is 33.3 Å². The molecule has 2 atom stereocenters. The topological polar surface area (TPSA) is 115 Å². The number of sulfonamides is 1. The molecule has 2 aromatic rings. The minimum Gasteiger partial charge on any atom is -0.356 e. The molecule has 0 radical (unpaired) electrons. The molecule has 0 saturated carbocycles. The zero-order valence-electron chi connectivity index (χ0n) is 16.4. The maximum Gasteiger partial charge on any atom is 0.522 e. The van der Waals surface area contributed by atoms with Crippen molar-refractivity contribution in [2.75, 3.05) is 16.8 Å². The molecule has 1 aromatic carbocycles. The Labute approximate surface area is 179 Å². The fourth-order valence-electron chi connectivity index (χ4n) is 3.41. The molecule has 0 spiro atoms. The van der Waals surface area contributed by atoms with Gasteiger partial charge in [-0.25, -0.2) is 27.3 Å². The van der Waals surface area contributed by atoms with Crippen LogP contribution in [0.1, 0.15) is 12.0 Å². The van der Waals surface area contributed by atoms with E-state index in [1.807, 2.05) is 0 Å². The number of alkyl halides is 3. The lowest BCUT2D eigenvalue weighted by atomic mass is 10.1. The Balaban J connectivity index is 1.92. The molecule has 3 N–H and O–H groups in total. The van der Waals surface area contributed by atoms with Gasteiger partial charge < -0.3 is 10.2 Å². The molecule has 0 aliphatic carbocycles. The Hall–Kier alpha value is -2.84. The first kappa shape index (κ1) is 23.8. The molecule has 1 amide bonds. The molecule has 14 heteroatoms. The van der Waals surface area contributed by atoms with Gasteiger partial charge in [-0.05, 0) is 25.1 Å². The summed E-state index contributed by atoms with van der Waals surface area (Å²) in [5.74, 6) is -3.18. The second-order valence-electron chi connectivity index (χ2n) is 7.01. The zero-order chi connectivity index (χ0) is 23.8. The van der Waals surface area contributed by atoms with Crippen molar-refractivity contribution >= 4 is 27.3 Å². The third-order valence-electron chi connectivity index (χ3n) is 4.78. The molecule has 8 nitrogen and oxygen atoms in total. The van der Waals surface area contributed by atoms with E-state index >= 15 is 0 Å². The molecular formula is C18H17F5N4O4S. The number of carbonyl (C=O) groups is 1. The highest BCUT2D eigenvalue weighted by molar-refractivity contribution is 7.89. The second-order valence-corrected chi connectivity index (χ2v) is 8.52. The smallest absolute Gasteiger partial charge is 0.356 e. The molecule has 32 heavy (non-hydrogen) atoms. The minimum absolute atomic E-state index is 0.0114. The number of ether oxygens (including phenoxy) is 1. The number of halogens is 5. The first-order valence-corrected chi connectivity index (χ1v) is 10.6. The van der Waals surface area contributed by atoms with E-state index in [4.69, 9.17) is 5.14 Å². The molecule has 1 fully saturated rings. The number of rotatable bonds is 5. The lowest BCUT2D eigenvalue weighted by Crippen LogP contribution is -2.40. The van der Waals surface area contributed by atoms with Gasteiger partial charge in [-0.1, -0.05) is 0 Å². The predicted octanol–water partition coefficient (Wildman–Crippen LogP) is 2.44. The third-order valence-corrected chi connectivity index (χ3v) is 5.59. The number of benzene rings is 1. The third kappa shape index (κ3) is 5.31. The number of hydrogen-bond acceptors (Lipinski definition) is 6. The summed E-state index contributed by atoms with van der Waals surface area (Å²) in [5, 5.41) is 6.84. The van der Waals surface area contributed by atoms with E-state index in [0.717, 1.165) is 24.4 Å². The SMILES string of the molecule is Cc1c(N2C[C@H](OC(F)(F)F)C[C@H]2C(=O)Nc2ccnc(S(N)(=O)=O)c2)ccc(F)c1F. The maximum atomic E-state index is 14.1. The number of nitrogens with two attached hydrogens (primary N) is 1. The summed E-state index contributed by atoms with van der Waals surface area (Å²) < 4.78 is 92.7. The van der Waals surface area contributed by atoms with Gasteiger partial charge in [0.1, 0.15) is 6.04 Å². The van der Waals surface area contributed by atoms with E-state index < -0.39 is 64.1 Å².